The molecule has 1 amide bonds. The molecule has 0 saturated heterocycles. The highest BCUT2D eigenvalue weighted by Crippen LogP contribution is 2.23. The zero-order valence-electron chi connectivity index (χ0n) is 14.3. The van der Waals surface area contributed by atoms with Gasteiger partial charge in [0, 0.05) is 18.9 Å². The van der Waals surface area contributed by atoms with Crippen LogP contribution in [0.4, 0.5) is 5.69 Å². The molecule has 7 nitrogen and oxygen atoms in total. The number of pyridine rings is 1. The standard InChI is InChI=1S/C17H21N3O4S/c1-13(17(21)19-12-14-5-4-10-18-11-14)20(25(3,22)23)15-6-8-16(24-2)9-7-15/h4-11,13H,12H2,1-3H3,(H,19,21). The number of rotatable bonds is 7. The third-order valence-corrected chi connectivity index (χ3v) is 4.85. The highest BCUT2D eigenvalue weighted by Gasteiger charge is 2.28. The molecule has 2 aromatic rings. The van der Waals surface area contributed by atoms with Gasteiger partial charge >= 0.3 is 0 Å². The number of carbonyl (C=O) groups is 1. The Morgan fingerprint density at radius 3 is 2.48 bits per heavy atom. The first-order valence-electron chi connectivity index (χ1n) is 7.63. The van der Waals surface area contributed by atoms with Gasteiger partial charge in [0.1, 0.15) is 11.8 Å². The van der Waals surface area contributed by atoms with E-state index in [9.17, 15) is 13.2 Å². The number of benzene rings is 1. The van der Waals surface area contributed by atoms with Gasteiger partial charge in [0.05, 0.1) is 19.1 Å². The molecule has 0 spiro atoms. The highest BCUT2D eigenvalue weighted by atomic mass is 32.2. The van der Waals surface area contributed by atoms with Crippen molar-refractivity contribution in [1.29, 1.82) is 0 Å². The van der Waals surface area contributed by atoms with Crippen molar-refractivity contribution in [2.24, 2.45) is 0 Å². The topological polar surface area (TPSA) is 88.6 Å². The van der Waals surface area contributed by atoms with Crippen LogP contribution in [-0.2, 0) is 21.4 Å². The van der Waals surface area contributed by atoms with Gasteiger partial charge in [-0.25, -0.2) is 8.42 Å². The molecule has 1 aromatic carbocycles. The molecule has 1 aromatic heterocycles. The summed E-state index contributed by atoms with van der Waals surface area (Å²) in [6, 6.07) is 9.19. The van der Waals surface area contributed by atoms with Crippen LogP contribution in [0.2, 0.25) is 0 Å². The van der Waals surface area contributed by atoms with E-state index < -0.39 is 22.0 Å². The van der Waals surface area contributed by atoms with Crippen LogP contribution in [0.5, 0.6) is 5.75 Å². The predicted octanol–water partition coefficient (Wildman–Crippen LogP) is 1.56. The Bertz CT molecular complexity index is 808. The molecule has 0 aliphatic rings. The monoisotopic (exact) mass is 363 g/mol. The molecule has 1 unspecified atom stereocenters. The molecule has 1 heterocycles. The summed E-state index contributed by atoms with van der Waals surface area (Å²) in [5.74, 6) is 0.205. The van der Waals surface area contributed by atoms with E-state index in [-0.39, 0.29) is 6.54 Å². The second-order valence-corrected chi connectivity index (χ2v) is 7.37. The van der Waals surface area contributed by atoms with Crippen molar-refractivity contribution in [2.75, 3.05) is 17.7 Å². The zero-order valence-corrected chi connectivity index (χ0v) is 15.2. The Morgan fingerprint density at radius 2 is 1.96 bits per heavy atom. The number of hydrogen-bond donors (Lipinski definition) is 1. The van der Waals surface area contributed by atoms with E-state index in [1.54, 1.807) is 49.6 Å². The summed E-state index contributed by atoms with van der Waals surface area (Å²) >= 11 is 0. The quantitative estimate of drug-likeness (QED) is 0.806. The number of carbonyl (C=O) groups excluding carboxylic acids is 1. The van der Waals surface area contributed by atoms with Gasteiger partial charge in [0.25, 0.3) is 0 Å². The van der Waals surface area contributed by atoms with E-state index >= 15 is 0 Å². The lowest BCUT2D eigenvalue weighted by molar-refractivity contribution is -0.122. The lowest BCUT2D eigenvalue weighted by atomic mass is 10.2. The minimum absolute atomic E-state index is 0.275. The molecule has 2 rings (SSSR count). The summed E-state index contributed by atoms with van der Waals surface area (Å²) in [5, 5.41) is 2.73. The minimum Gasteiger partial charge on any atom is -0.497 e. The number of hydrogen-bond acceptors (Lipinski definition) is 5. The Kier molecular flexibility index (Phi) is 5.97. The number of amides is 1. The van der Waals surface area contributed by atoms with Gasteiger partial charge in [-0.3, -0.25) is 14.1 Å². The van der Waals surface area contributed by atoms with Crippen molar-refractivity contribution in [3.63, 3.8) is 0 Å². The van der Waals surface area contributed by atoms with Crippen molar-refractivity contribution in [1.82, 2.24) is 10.3 Å². The summed E-state index contributed by atoms with van der Waals surface area (Å²) in [5.41, 5.74) is 1.23. The average Bonchev–Trinajstić information content (AvgIpc) is 2.60. The molecular formula is C17H21N3O4S. The molecular weight excluding hydrogens is 342 g/mol. The van der Waals surface area contributed by atoms with Crippen molar-refractivity contribution in [2.45, 2.75) is 19.5 Å². The minimum atomic E-state index is -3.65. The maximum Gasteiger partial charge on any atom is 0.243 e. The van der Waals surface area contributed by atoms with Crippen LogP contribution in [0.15, 0.2) is 48.8 Å². The molecule has 0 radical (unpaired) electrons. The van der Waals surface area contributed by atoms with Gasteiger partial charge < -0.3 is 10.1 Å². The summed E-state index contributed by atoms with van der Waals surface area (Å²) in [7, 11) is -2.12. The van der Waals surface area contributed by atoms with Gasteiger partial charge in [-0.05, 0) is 42.8 Å². The number of anilines is 1. The van der Waals surface area contributed by atoms with E-state index in [0.29, 0.717) is 11.4 Å². The van der Waals surface area contributed by atoms with Crippen molar-refractivity contribution in [3.05, 3.63) is 54.4 Å². The highest BCUT2D eigenvalue weighted by molar-refractivity contribution is 7.92. The molecule has 134 valence electrons. The molecule has 1 atom stereocenters. The van der Waals surface area contributed by atoms with Gasteiger partial charge in [-0.1, -0.05) is 6.07 Å². The molecule has 1 N–H and O–H groups in total. The summed E-state index contributed by atoms with van der Waals surface area (Å²) in [6.45, 7) is 1.82. The first kappa shape index (κ1) is 18.7. The van der Waals surface area contributed by atoms with Crippen molar-refractivity contribution in [3.8, 4) is 5.75 Å². The average molecular weight is 363 g/mol. The summed E-state index contributed by atoms with van der Waals surface area (Å²) < 4.78 is 30.6. The third kappa shape index (κ3) is 4.93. The van der Waals surface area contributed by atoms with Crippen molar-refractivity contribution >= 4 is 21.6 Å². The number of ether oxygens (including phenoxy) is 1. The number of sulfonamides is 1. The van der Waals surface area contributed by atoms with Crippen LogP contribution in [0.25, 0.3) is 0 Å². The van der Waals surface area contributed by atoms with Crippen LogP contribution in [0.1, 0.15) is 12.5 Å². The number of aromatic nitrogens is 1. The van der Waals surface area contributed by atoms with Crippen molar-refractivity contribution < 1.29 is 17.9 Å². The molecule has 8 heteroatoms. The fourth-order valence-electron chi connectivity index (χ4n) is 2.38. The fourth-order valence-corrected chi connectivity index (χ4v) is 3.55. The Morgan fingerprint density at radius 1 is 1.28 bits per heavy atom. The predicted molar refractivity (Wildman–Crippen MR) is 95.9 cm³/mol. The molecule has 0 aliphatic heterocycles. The van der Waals surface area contributed by atoms with Gasteiger partial charge in [-0.2, -0.15) is 0 Å². The molecule has 0 saturated carbocycles. The van der Waals surface area contributed by atoms with Crippen LogP contribution in [0, 0.1) is 0 Å². The Hall–Kier alpha value is -2.61. The number of methoxy groups -OCH3 is 1. The normalized spacial score (nSPS) is 12.3. The van der Waals surface area contributed by atoms with E-state index in [4.69, 9.17) is 4.74 Å². The van der Waals surface area contributed by atoms with Crippen LogP contribution in [0.3, 0.4) is 0 Å². The van der Waals surface area contributed by atoms with E-state index in [1.165, 1.54) is 7.11 Å². The van der Waals surface area contributed by atoms with Crippen LogP contribution in [-0.4, -0.2) is 38.7 Å². The van der Waals surface area contributed by atoms with Crippen LogP contribution < -0.4 is 14.4 Å². The maximum atomic E-state index is 12.4. The first-order valence-corrected chi connectivity index (χ1v) is 9.48. The molecule has 0 bridgehead atoms. The fraction of sp³-hybridized carbons (Fsp3) is 0.294. The van der Waals surface area contributed by atoms with E-state index in [1.807, 2.05) is 6.07 Å². The smallest absolute Gasteiger partial charge is 0.243 e. The summed E-state index contributed by atoms with van der Waals surface area (Å²) in [4.78, 5) is 16.4. The van der Waals surface area contributed by atoms with Gasteiger partial charge in [0.2, 0.25) is 15.9 Å². The largest absolute Gasteiger partial charge is 0.497 e. The van der Waals surface area contributed by atoms with E-state index in [2.05, 4.69) is 10.3 Å². The first-order chi connectivity index (χ1) is 11.8. The van der Waals surface area contributed by atoms with E-state index in [0.717, 1.165) is 16.1 Å². The Balaban J connectivity index is 2.17. The lowest BCUT2D eigenvalue weighted by Crippen LogP contribution is -2.47. The number of nitrogens with one attached hydrogen (secondary N) is 1. The molecule has 0 aliphatic carbocycles. The zero-order chi connectivity index (χ0) is 18.4. The maximum absolute atomic E-state index is 12.4. The lowest BCUT2D eigenvalue weighted by Gasteiger charge is -2.28. The van der Waals surface area contributed by atoms with Crippen LogP contribution >= 0.6 is 0 Å². The summed E-state index contributed by atoms with van der Waals surface area (Å²) in [6.07, 6.45) is 4.36. The second kappa shape index (κ2) is 7.98. The SMILES string of the molecule is COc1ccc(N(C(C)C(=O)NCc2cccnc2)S(C)(=O)=O)cc1. The van der Waals surface area contributed by atoms with Gasteiger partial charge in [0.15, 0.2) is 0 Å². The third-order valence-electron chi connectivity index (χ3n) is 3.60. The number of nitrogens with zero attached hydrogens (tertiary/aromatic N) is 2. The Labute approximate surface area is 147 Å². The van der Waals surface area contributed by atoms with Gasteiger partial charge in [-0.15, -0.1) is 0 Å². The molecule has 0 fully saturated rings. The molecule has 25 heavy (non-hydrogen) atoms. The second-order valence-electron chi connectivity index (χ2n) is 5.51.